The van der Waals surface area contributed by atoms with Gasteiger partial charge in [-0.15, -0.1) is 0 Å². The molecule has 88 valence electrons. The van der Waals surface area contributed by atoms with Gasteiger partial charge in [0.2, 0.25) is 0 Å². The molecule has 0 unspecified atom stereocenters. The summed E-state index contributed by atoms with van der Waals surface area (Å²) in [6, 6.07) is 0. The molecule has 0 spiro atoms. The highest BCUT2D eigenvalue weighted by Gasteiger charge is 2.45. The van der Waals surface area contributed by atoms with Gasteiger partial charge in [-0.2, -0.15) is 0 Å². The summed E-state index contributed by atoms with van der Waals surface area (Å²) in [6.07, 6.45) is 6.03. The van der Waals surface area contributed by atoms with Crippen molar-refractivity contribution < 1.29 is 9.90 Å². The van der Waals surface area contributed by atoms with Crippen molar-refractivity contribution in [1.29, 1.82) is 0 Å². The van der Waals surface area contributed by atoms with Crippen LogP contribution >= 0.6 is 0 Å². The third-order valence-corrected chi connectivity index (χ3v) is 3.60. The Labute approximate surface area is 92.5 Å². The van der Waals surface area contributed by atoms with E-state index in [2.05, 4.69) is 18.7 Å². The second-order valence-electron chi connectivity index (χ2n) is 4.48. The number of hydrogen-bond acceptors (Lipinski definition) is 2. The monoisotopic (exact) mass is 213 g/mol. The van der Waals surface area contributed by atoms with Gasteiger partial charge in [0, 0.05) is 0 Å². The van der Waals surface area contributed by atoms with Crippen molar-refractivity contribution in [2.45, 2.75) is 57.9 Å². The zero-order valence-electron chi connectivity index (χ0n) is 9.96. The maximum atomic E-state index is 11.4. The Morgan fingerprint density at radius 1 is 1.33 bits per heavy atom. The third-order valence-electron chi connectivity index (χ3n) is 3.60. The van der Waals surface area contributed by atoms with Crippen molar-refractivity contribution in [3.63, 3.8) is 0 Å². The van der Waals surface area contributed by atoms with Crippen LogP contribution in [0.1, 0.15) is 52.4 Å². The van der Waals surface area contributed by atoms with Crippen molar-refractivity contribution in [3.05, 3.63) is 0 Å². The van der Waals surface area contributed by atoms with Crippen LogP contribution in [-0.2, 0) is 4.79 Å². The first-order valence-corrected chi connectivity index (χ1v) is 6.16. The minimum atomic E-state index is -0.613. The Kier molecular flexibility index (Phi) is 4.58. The van der Waals surface area contributed by atoms with Crippen LogP contribution in [0.3, 0.4) is 0 Å². The second kappa shape index (κ2) is 5.50. The highest BCUT2D eigenvalue weighted by molar-refractivity contribution is 5.79. The summed E-state index contributed by atoms with van der Waals surface area (Å²) in [6.45, 7) is 6.00. The van der Waals surface area contributed by atoms with Gasteiger partial charge in [-0.3, -0.25) is 9.69 Å². The molecule has 0 atom stereocenters. The van der Waals surface area contributed by atoms with Crippen LogP contribution in [0.4, 0.5) is 0 Å². The molecule has 3 nitrogen and oxygen atoms in total. The first kappa shape index (κ1) is 12.5. The predicted molar refractivity (Wildman–Crippen MR) is 61.0 cm³/mol. The first-order valence-electron chi connectivity index (χ1n) is 6.16. The summed E-state index contributed by atoms with van der Waals surface area (Å²) < 4.78 is 0. The SMILES string of the molecule is CCCCN(CC)C1(C(=O)O)CCCC1. The largest absolute Gasteiger partial charge is 0.480 e. The van der Waals surface area contributed by atoms with Gasteiger partial charge in [0.1, 0.15) is 5.54 Å². The average Bonchev–Trinajstić information content (AvgIpc) is 2.69. The molecule has 0 aromatic carbocycles. The van der Waals surface area contributed by atoms with Crippen LogP contribution in [0.15, 0.2) is 0 Å². The van der Waals surface area contributed by atoms with E-state index in [4.69, 9.17) is 0 Å². The molecule has 0 heterocycles. The molecule has 0 aromatic rings. The molecule has 1 aliphatic carbocycles. The topological polar surface area (TPSA) is 40.5 Å². The van der Waals surface area contributed by atoms with Gasteiger partial charge >= 0.3 is 5.97 Å². The van der Waals surface area contributed by atoms with Crippen LogP contribution in [0.5, 0.6) is 0 Å². The number of unbranched alkanes of at least 4 members (excludes halogenated alkanes) is 1. The molecule has 0 aliphatic heterocycles. The Bertz CT molecular complexity index is 210. The fraction of sp³-hybridized carbons (Fsp3) is 0.917. The van der Waals surface area contributed by atoms with Gasteiger partial charge in [-0.1, -0.05) is 33.1 Å². The quantitative estimate of drug-likeness (QED) is 0.737. The predicted octanol–water partition coefficient (Wildman–Crippen LogP) is 2.51. The standard InChI is InChI=1S/C12H23NO2/c1-3-5-10-13(4-2)12(11(14)15)8-6-7-9-12/h3-10H2,1-2H3,(H,14,15). The summed E-state index contributed by atoms with van der Waals surface area (Å²) in [7, 11) is 0. The van der Waals surface area contributed by atoms with E-state index >= 15 is 0 Å². The Morgan fingerprint density at radius 2 is 1.93 bits per heavy atom. The maximum Gasteiger partial charge on any atom is 0.324 e. The molecule has 0 amide bonds. The highest BCUT2D eigenvalue weighted by Crippen LogP contribution is 2.35. The minimum Gasteiger partial charge on any atom is -0.480 e. The highest BCUT2D eigenvalue weighted by atomic mass is 16.4. The fourth-order valence-corrected chi connectivity index (χ4v) is 2.65. The smallest absolute Gasteiger partial charge is 0.324 e. The van der Waals surface area contributed by atoms with E-state index in [0.29, 0.717) is 0 Å². The zero-order valence-corrected chi connectivity index (χ0v) is 9.96. The van der Waals surface area contributed by atoms with E-state index < -0.39 is 11.5 Å². The number of nitrogens with zero attached hydrogens (tertiary/aromatic N) is 1. The number of hydrogen-bond donors (Lipinski definition) is 1. The molecule has 0 aromatic heterocycles. The Balaban J connectivity index is 2.71. The average molecular weight is 213 g/mol. The molecule has 1 aliphatic rings. The molecule has 0 saturated heterocycles. The number of carboxylic acid groups (broad SMARTS) is 1. The number of aliphatic carboxylic acids is 1. The van der Waals surface area contributed by atoms with Gasteiger partial charge in [0.05, 0.1) is 0 Å². The van der Waals surface area contributed by atoms with Gasteiger partial charge in [-0.05, 0) is 32.4 Å². The summed E-state index contributed by atoms with van der Waals surface area (Å²) in [4.78, 5) is 13.6. The van der Waals surface area contributed by atoms with E-state index in [0.717, 1.165) is 51.6 Å². The summed E-state index contributed by atoms with van der Waals surface area (Å²) in [5, 5.41) is 9.42. The molecule has 1 rings (SSSR count). The molecule has 1 fully saturated rings. The normalized spacial score (nSPS) is 19.7. The van der Waals surface area contributed by atoms with Crippen molar-refractivity contribution in [2.75, 3.05) is 13.1 Å². The molecule has 15 heavy (non-hydrogen) atoms. The fourth-order valence-electron chi connectivity index (χ4n) is 2.65. The first-order chi connectivity index (χ1) is 7.17. The molecule has 0 radical (unpaired) electrons. The van der Waals surface area contributed by atoms with E-state index in [1.54, 1.807) is 0 Å². The number of rotatable bonds is 6. The third kappa shape index (κ3) is 2.51. The Hall–Kier alpha value is -0.570. The van der Waals surface area contributed by atoms with Crippen molar-refractivity contribution in [1.82, 2.24) is 4.90 Å². The summed E-state index contributed by atoms with van der Waals surface area (Å²) in [5.41, 5.74) is -0.538. The van der Waals surface area contributed by atoms with Crippen LogP contribution in [0.2, 0.25) is 0 Å². The van der Waals surface area contributed by atoms with E-state index in [9.17, 15) is 9.90 Å². The lowest BCUT2D eigenvalue weighted by atomic mass is 9.94. The zero-order chi connectivity index (χ0) is 11.3. The lowest BCUT2D eigenvalue weighted by Crippen LogP contribution is -2.53. The minimum absolute atomic E-state index is 0.538. The molecule has 1 N–H and O–H groups in total. The van der Waals surface area contributed by atoms with E-state index in [1.807, 2.05) is 0 Å². The van der Waals surface area contributed by atoms with Crippen LogP contribution < -0.4 is 0 Å². The molecule has 0 bridgehead atoms. The maximum absolute atomic E-state index is 11.4. The number of carboxylic acids is 1. The molecular weight excluding hydrogens is 190 g/mol. The van der Waals surface area contributed by atoms with Gasteiger partial charge < -0.3 is 5.11 Å². The van der Waals surface area contributed by atoms with Crippen LogP contribution in [0.25, 0.3) is 0 Å². The van der Waals surface area contributed by atoms with Crippen molar-refractivity contribution in [3.8, 4) is 0 Å². The van der Waals surface area contributed by atoms with Crippen LogP contribution in [0, 0.1) is 0 Å². The lowest BCUT2D eigenvalue weighted by Gasteiger charge is -2.37. The van der Waals surface area contributed by atoms with Gasteiger partial charge in [-0.25, -0.2) is 0 Å². The molecular formula is C12H23NO2. The number of carbonyl (C=O) groups is 1. The molecule has 3 heteroatoms. The van der Waals surface area contributed by atoms with E-state index in [1.165, 1.54) is 0 Å². The Morgan fingerprint density at radius 3 is 2.33 bits per heavy atom. The summed E-state index contributed by atoms with van der Waals surface area (Å²) in [5.74, 6) is -0.613. The summed E-state index contributed by atoms with van der Waals surface area (Å²) >= 11 is 0. The van der Waals surface area contributed by atoms with Gasteiger partial charge in [0.15, 0.2) is 0 Å². The van der Waals surface area contributed by atoms with Crippen LogP contribution in [-0.4, -0.2) is 34.6 Å². The van der Waals surface area contributed by atoms with E-state index in [-0.39, 0.29) is 0 Å². The lowest BCUT2D eigenvalue weighted by molar-refractivity contribution is -0.151. The number of likely N-dealkylation sites (N-methyl/N-ethyl adjacent to an activating group) is 1. The van der Waals surface area contributed by atoms with Gasteiger partial charge in [0.25, 0.3) is 0 Å². The second-order valence-corrected chi connectivity index (χ2v) is 4.48. The van der Waals surface area contributed by atoms with Crippen molar-refractivity contribution in [2.24, 2.45) is 0 Å². The van der Waals surface area contributed by atoms with Crippen molar-refractivity contribution >= 4 is 5.97 Å². The molecule has 1 saturated carbocycles.